The SMILES string of the molecule is CC(C)c1cc(O)c2ccc(=N)oc2c1F. The molecule has 0 spiro atoms. The lowest BCUT2D eigenvalue weighted by atomic mass is 10.0. The first kappa shape index (κ1) is 10.7. The van der Waals surface area contributed by atoms with E-state index in [4.69, 9.17) is 9.83 Å². The van der Waals surface area contributed by atoms with Crippen molar-refractivity contribution in [3.05, 3.63) is 35.1 Å². The molecule has 0 aliphatic heterocycles. The topological polar surface area (TPSA) is 57.2 Å². The number of phenols is 1. The Balaban J connectivity index is 2.91. The highest BCUT2D eigenvalue weighted by atomic mass is 19.1. The molecule has 0 atom stereocenters. The van der Waals surface area contributed by atoms with Crippen LogP contribution in [0.5, 0.6) is 5.75 Å². The van der Waals surface area contributed by atoms with E-state index in [-0.39, 0.29) is 28.2 Å². The maximum atomic E-state index is 14.0. The van der Waals surface area contributed by atoms with E-state index in [0.717, 1.165) is 0 Å². The van der Waals surface area contributed by atoms with Crippen LogP contribution in [-0.4, -0.2) is 5.11 Å². The average Bonchev–Trinajstić information content (AvgIpc) is 2.22. The quantitative estimate of drug-likeness (QED) is 0.777. The van der Waals surface area contributed by atoms with Gasteiger partial charge < -0.3 is 9.52 Å². The second-order valence-electron chi connectivity index (χ2n) is 4.00. The molecule has 84 valence electrons. The van der Waals surface area contributed by atoms with Gasteiger partial charge in [-0.05, 0) is 23.6 Å². The molecule has 0 aliphatic carbocycles. The van der Waals surface area contributed by atoms with Crippen LogP contribution in [0.15, 0.2) is 22.6 Å². The molecule has 0 amide bonds. The Hall–Kier alpha value is -1.84. The van der Waals surface area contributed by atoms with Crippen LogP contribution >= 0.6 is 0 Å². The van der Waals surface area contributed by atoms with Crippen molar-refractivity contribution in [2.45, 2.75) is 19.8 Å². The third kappa shape index (κ3) is 1.56. The van der Waals surface area contributed by atoms with Crippen molar-refractivity contribution >= 4 is 11.0 Å². The highest BCUT2D eigenvalue weighted by molar-refractivity contribution is 5.84. The van der Waals surface area contributed by atoms with E-state index < -0.39 is 5.82 Å². The van der Waals surface area contributed by atoms with Crippen LogP contribution < -0.4 is 5.55 Å². The van der Waals surface area contributed by atoms with Crippen molar-refractivity contribution in [1.29, 1.82) is 5.41 Å². The minimum Gasteiger partial charge on any atom is -0.507 e. The molecule has 1 aromatic carbocycles. The lowest BCUT2D eigenvalue weighted by molar-refractivity contribution is 0.466. The third-order valence-corrected chi connectivity index (χ3v) is 2.50. The number of benzene rings is 1. The molecule has 0 radical (unpaired) electrons. The fourth-order valence-electron chi connectivity index (χ4n) is 1.64. The molecule has 1 heterocycles. The molecule has 2 N–H and O–H groups in total. The molecule has 0 unspecified atom stereocenters. The van der Waals surface area contributed by atoms with Gasteiger partial charge in [0.25, 0.3) is 0 Å². The summed E-state index contributed by atoms with van der Waals surface area (Å²) in [4.78, 5) is 0. The molecule has 0 saturated heterocycles. The minimum atomic E-state index is -0.503. The third-order valence-electron chi connectivity index (χ3n) is 2.50. The number of phenolic OH excluding ortho intramolecular Hbond substituents is 1. The molecule has 2 aromatic rings. The van der Waals surface area contributed by atoms with Gasteiger partial charge in [-0.25, -0.2) is 4.39 Å². The number of nitrogens with one attached hydrogen (secondary N) is 1. The molecular formula is C12H12FNO2. The van der Waals surface area contributed by atoms with Gasteiger partial charge in [0.05, 0.1) is 5.39 Å². The van der Waals surface area contributed by atoms with E-state index in [1.807, 2.05) is 13.8 Å². The van der Waals surface area contributed by atoms with Crippen LogP contribution in [0.1, 0.15) is 25.3 Å². The first-order valence-corrected chi connectivity index (χ1v) is 5.00. The zero-order valence-electron chi connectivity index (χ0n) is 9.04. The molecule has 3 nitrogen and oxygen atoms in total. The molecule has 2 rings (SSSR count). The Labute approximate surface area is 91.7 Å². The summed E-state index contributed by atoms with van der Waals surface area (Å²) in [5.41, 5.74) is 0.197. The van der Waals surface area contributed by atoms with Crippen molar-refractivity contribution in [2.75, 3.05) is 0 Å². The molecule has 1 aromatic heterocycles. The van der Waals surface area contributed by atoms with E-state index in [1.54, 1.807) is 0 Å². The summed E-state index contributed by atoms with van der Waals surface area (Å²) in [7, 11) is 0. The van der Waals surface area contributed by atoms with Crippen LogP contribution in [0.3, 0.4) is 0 Å². The fourth-order valence-corrected chi connectivity index (χ4v) is 1.64. The number of hydrogen-bond acceptors (Lipinski definition) is 3. The van der Waals surface area contributed by atoms with Gasteiger partial charge in [0, 0.05) is 6.07 Å². The molecular weight excluding hydrogens is 209 g/mol. The largest absolute Gasteiger partial charge is 0.507 e. The van der Waals surface area contributed by atoms with Crippen LogP contribution in [-0.2, 0) is 0 Å². The summed E-state index contributed by atoms with van der Waals surface area (Å²) in [6, 6.07) is 4.25. The summed E-state index contributed by atoms with van der Waals surface area (Å²) < 4.78 is 19.0. The first-order valence-electron chi connectivity index (χ1n) is 5.00. The first-order chi connectivity index (χ1) is 7.50. The smallest absolute Gasteiger partial charge is 0.212 e. The van der Waals surface area contributed by atoms with Gasteiger partial charge in [-0.3, -0.25) is 5.41 Å². The number of aromatic hydroxyl groups is 1. The van der Waals surface area contributed by atoms with Crippen molar-refractivity contribution in [3.8, 4) is 5.75 Å². The zero-order valence-corrected chi connectivity index (χ0v) is 9.04. The molecule has 0 fully saturated rings. The molecule has 0 bridgehead atoms. The summed E-state index contributed by atoms with van der Waals surface area (Å²) in [5, 5.41) is 17.3. The fraction of sp³-hybridized carbons (Fsp3) is 0.250. The molecule has 0 saturated carbocycles. The highest BCUT2D eigenvalue weighted by Crippen LogP contribution is 2.32. The summed E-state index contributed by atoms with van der Waals surface area (Å²) in [6.07, 6.45) is 0. The van der Waals surface area contributed by atoms with Crippen LogP contribution in [0.2, 0.25) is 0 Å². The zero-order chi connectivity index (χ0) is 11.9. The highest BCUT2D eigenvalue weighted by Gasteiger charge is 2.15. The maximum absolute atomic E-state index is 14.0. The number of fused-ring (bicyclic) bond motifs is 1. The van der Waals surface area contributed by atoms with Gasteiger partial charge in [-0.1, -0.05) is 13.8 Å². The van der Waals surface area contributed by atoms with Gasteiger partial charge in [0.1, 0.15) is 5.75 Å². The standard InChI is InChI=1S/C12H12FNO2/c1-6(2)8-5-9(15)7-3-4-10(14)16-12(7)11(8)13/h3-6,14-15H,1-2H3. The van der Waals surface area contributed by atoms with Crippen molar-refractivity contribution in [1.82, 2.24) is 0 Å². The maximum Gasteiger partial charge on any atom is 0.212 e. The van der Waals surface area contributed by atoms with Gasteiger partial charge in [0.15, 0.2) is 11.4 Å². The monoisotopic (exact) mass is 221 g/mol. The Morgan fingerprint density at radius 3 is 2.69 bits per heavy atom. The Kier molecular flexibility index (Phi) is 2.42. The van der Waals surface area contributed by atoms with Crippen molar-refractivity contribution in [2.24, 2.45) is 0 Å². The predicted octanol–water partition coefficient (Wildman–Crippen LogP) is 2.88. The summed E-state index contributed by atoms with van der Waals surface area (Å²) in [5.74, 6) is -0.583. The normalized spacial score (nSPS) is 11.2. The van der Waals surface area contributed by atoms with E-state index in [1.165, 1.54) is 18.2 Å². The summed E-state index contributed by atoms with van der Waals surface area (Å²) >= 11 is 0. The minimum absolute atomic E-state index is 0.0242. The van der Waals surface area contributed by atoms with E-state index in [2.05, 4.69) is 0 Å². The number of hydrogen-bond donors (Lipinski definition) is 2. The lowest BCUT2D eigenvalue weighted by Gasteiger charge is -2.10. The lowest BCUT2D eigenvalue weighted by Crippen LogP contribution is -2.00. The van der Waals surface area contributed by atoms with E-state index >= 15 is 0 Å². The van der Waals surface area contributed by atoms with Crippen molar-refractivity contribution < 1.29 is 13.9 Å². The van der Waals surface area contributed by atoms with Gasteiger partial charge in [-0.2, -0.15) is 0 Å². The Bertz CT molecular complexity index is 602. The Morgan fingerprint density at radius 2 is 2.06 bits per heavy atom. The average molecular weight is 221 g/mol. The number of halogens is 1. The summed E-state index contributed by atoms with van der Waals surface area (Å²) in [6.45, 7) is 3.66. The van der Waals surface area contributed by atoms with Crippen LogP contribution in [0.25, 0.3) is 11.0 Å². The van der Waals surface area contributed by atoms with E-state index in [0.29, 0.717) is 5.56 Å². The number of rotatable bonds is 1. The second-order valence-corrected chi connectivity index (χ2v) is 4.00. The van der Waals surface area contributed by atoms with Gasteiger partial charge in [-0.15, -0.1) is 0 Å². The van der Waals surface area contributed by atoms with E-state index in [9.17, 15) is 9.50 Å². The van der Waals surface area contributed by atoms with Crippen LogP contribution in [0, 0.1) is 11.2 Å². The predicted molar refractivity (Wildman–Crippen MR) is 57.8 cm³/mol. The molecule has 16 heavy (non-hydrogen) atoms. The Morgan fingerprint density at radius 1 is 1.38 bits per heavy atom. The van der Waals surface area contributed by atoms with Gasteiger partial charge >= 0.3 is 0 Å². The van der Waals surface area contributed by atoms with Gasteiger partial charge in [0.2, 0.25) is 5.55 Å². The molecule has 4 heteroatoms. The van der Waals surface area contributed by atoms with Crippen LogP contribution in [0.4, 0.5) is 4.39 Å². The second kappa shape index (κ2) is 3.63. The molecule has 0 aliphatic rings. The van der Waals surface area contributed by atoms with Crippen molar-refractivity contribution in [3.63, 3.8) is 0 Å².